The maximum absolute atomic E-state index is 13.0. The fourth-order valence-corrected chi connectivity index (χ4v) is 4.60. The molecule has 1 aromatic carbocycles. The van der Waals surface area contributed by atoms with Crippen LogP contribution >= 0.6 is 24.0 Å². The number of nitrogens with one attached hydrogen (secondary N) is 4. The second-order valence-electron chi connectivity index (χ2n) is 9.01. The molecule has 0 bridgehead atoms. The third-order valence-corrected chi connectivity index (χ3v) is 6.48. The third kappa shape index (κ3) is 6.78. The summed E-state index contributed by atoms with van der Waals surface area (Å²) in [4.78, 5) is 59.3. The van der Waals surface area contributed by atoms with E-state index in [0.29, 0.717) is 35.7 Å². The summed E-state index contributed by atoms with van der Waals surface area (Å²) in [5.41, 5.74) is 1.54. The van der Waals surface area contributed by atoms with E-state index in [2.05, 4.69) is 25.9 Å². The highest BCUT2D eigenvalue weighted by atomic mass is 35.5. The number of hydrogen-bond acceptors (Lipinski definition) is 5. The van der Waals surface area contributed by atoms with Crippen LogP contribution in [0, 0.1) is 5.92 Å². The van der Waals surface area contributed by atoms with Crippen molar-refractivity contribution in [1.82, 2.24) is 25.5 Å². The lowest BCUT2D eigenvalue weighted by Gasteiger charge is -2.37. The molecule has 0 spiro atoms. The van der Waals surface area contributed by atoms with Crippen LogP contribution in [-0.2, 0) is 14.4 Å². The molecule has 0 aliphatic heterocycles. The second kappa shape index (κ2) is 12.1. The van der Waals surface area contributed by atoms with Crippen molar-refractivity contribution in [3.8, 4) is 0 Å². The molecule has 2 aromatic heterocycles. The fourth-order valence-electron chi connectivity index (χ4n) is 4.42. The Morgan fingerprint density at radius 2 is 1.70 bits per heavy atom. The molecule has 0 saturated heterocycles. The normalized spacial score (nSPS) is 18.8. The van der Waals surface area contributed by atoms with Crippen molar-refractivity contribution in [3.63, 3.8) is 0 Å². The van der Waals surface area contributed by atoms with Gasteiger partial charge in [0.05, 0.1) is 6.04 Å². The van der Waals surface area contributed by atoms with Crippen molar-refractivity contribution < 1.29 is 19.2 Å². The van der Waals surface area contributed by atoms with Gasteiger partial charge in [-0.25, -0.2) is 0 Å². The van der Waals surface area contributed by atoms with Gasteiger partial charge in [-0.05, 0) is 55.7 Å². The van der Waals surface area contributed by atoms with Crippen molar-refractivity contribution in [2.24, 2.45) is 5.92 Å². The van der Waals surface area contributed by atoms with Gasteiger partial charge in [-0.3, -0.25) is 24.2 Å². The van der Waals surface area contributed by atoms with E-state index in [0.717, 1.165) is 10.9 Å². The Balaban J connectivity index is 0.00000380. The largest absolute Gasteiger partial charge is 0.351 e. The Morgan fingerprint density at radius 1 is 0.973 bits per heavy atom. The lowest BCUT2D eigenvalue weighted by molar-refractivity contribution is -0.138. The summed E-state index contributed by atoms with van der Waals surface area (Å²) in [5.74, 6) is -2.45. The SMILES string of the molecule is CN(C)C(=O)[C@H]1CC[C@H](NC(=O)c2cc3cc(Cl)ccc3[nH]2)[C@H](NC(=O)C(=O)Nc2ccncc2)C1.Cl. The predicted molar refractivity (Wildman–Crippen MR) is 143 cm³/mol. The van der Waals surface area contributed by atoms with Crippen molar-refractivity contribution in [2.45, 2.75) is 31.3 Å². The van der Waals surface area contributed by atoms with Crippen LogP contribution in [0.25, 0.3) is 10.9 Å². The maximum atomic E-state index is 13.0. The van der Waals surface area contributed by atoms with Crippen LogP contribution in [0.3, 0.4) is 0 Å². The molecule has 2 heterocycles. The number of benzene rings is 1. The van der Waals surface area contributed by atoms with Crippen molar-refractivity contribution >= 4 is 64.2 Å². The van der Waals surface area contributed by atoms with Crippen LogP contribution in [0.15, 0.2) is 48.8 Å². The van der Waals surface area contributed by atoms with Crippen molar-refractivity contribution in [3.05, 3.63) is 59.5 Å². The topological polar surface area (TPSA) is 136 Å². The highest BCUT2D eigenvalue weighted by Crippen LogP contribution is 2.27. The molecule has 1 saturated carbocycles. The standard InChI is InChI=1S/C25H27ClN6O4.ClH/c1-32(2)25(36)14-3-5-19(30-22(33)21-13-15-11-16(26)4-6-18(15)29-21)20(12-14)31-24(35)23(34)28-17-7-9-27-10-8-17;/h4,6-11,13-14,19-20,29H,3,5,12H2,1-2H3,(H,30,33)(H,31,35)(H,27,28,34);1H/t14-,19-,20+;/m0./s1. The van der Waals surface area contributed by atoms with Gasteiger partial charge in [0.1, 0.15) is 5.69 Å². The van der Waals surface area contributed by atoms with Gasteiger partial charge in [0, 0.05) is 60.1 Å². The number of carbonyl (C=O) groups excluding carboxylic acids is 4. The summed E-state index contributed by atoms with van der Waals surface area (Å²) in [6, 6.07) is 9.01. The summed E-state index contributed by atoms with van der Waals surface area (Å²) in [5, 5.41) is 9.56. The van der Waals surface area contributed by atoms with E-state index in [1.165, 1.54) is 17.3 Å². The lowest BCUT2D eigenvalue weighted by atomic mass is 9.81. The number of rotatable bonds is 5. The van der Waals surface area contributed by atoms with E-state index < -0.39 is 23.9 Å². The van der Waals surface area contributed by atoms with Crippen LogP contribution < -0.4 is 16.0 Å². The van der Waals surface area contributed by atoms with Crippen LogP contribution in [0.4, 0.5) is 5.69 Å². The molecule has 37 heavy (non-hydrogen) atoms. The molecular formula is C25H28Cl2N6O4. The summed E-state index contributed by atoms with van der Waals surface area (Å²) in [6.07, 6.45) is 4.28. The monoisotopic (exact) mass is 546 g/mol. The van der Waals surface area contributed by atoms with Crippen LogP contribution in [0.2, 0.25) is 5.02 Å². The summed E-state index contributed by atoms with van der Waals surface area (Å²) in [6.45, 7) is 0. The van der Waals surface area contributed by atoms with Gasteiger partial charge in [0.2, 0.25) is 5.91 Å². The van der Waals surface area contributed by atoms with Gasteiger partial charge in [0.25, 0.3) is 5.91 Å². The number of fused-ring (bicyclic) bond motifs is 1. The minimum atomic E-state index is -0.853. The Morgan fingerprint density at radius 3 is 2.41 bits per heavy atom. The number of halogens is 2. The van der Waals surface area contributed by atoms with E-state index in [4.69, 9.17) is 11.6 Å². The predicted octanol–water partition coefficient (Wildman–Crippen LogP) is 2.75. The molecule has 4 N–H and O–H groups in total. The molecule has 1 fully saturated rings. The number of aromatic amines is 1. The van der Waals surface area contributed by atoms with Gasteiger partial charge in [0.15, 0.2) is 0 Å². The molecule has 10 nitrogen and oxygen atoms in total. The zero-order valence-electron chi connectivity index (χ0n) is 20.3. The molecule has 196 valence electrons. The Kier molecular flexibility index (Phi) is 9.12. The Hall–Kier alpha value is -3.63. The van der Waals surface area contributed by atoms with Crippen LogP contribution in [-0.4, -0.2) is 64.7 Å². The highest BCUT2D eigenvalue weighted by molar-refractivity contribution is 6.39. The molecule has 4 rings (SSSR count). The van der Waals surface area contributed by atoms with Gasteiger partial charge >= 0.3 is 11.8 Å². The molecule has 4 amide bonds. The quantitative estimate of drug-likeness (QED) is 0.365. The highest BCUT2D eigenvalue weighted by Gasteiger charge is 2.37. The minimum absolute atomic E-state index is 0. The number of anilines is 1. The third-order valence-electron chi connectivity index (χ3n) is 6.25. The van der Waals surface area contributed by atoms with E-state index in [-0.39, 0.29) is 30.1 Å². The summed E-state index contributed by atoms with van der Waals surface area (Å²) >= 11 is 6.05. The zero-order chi connectivity index (χ0) is 25.8. The number of aromatic nitrogens is 2. The van der Waals surface area contributed by atoms with E-state index in [9.17, 15) is 19.2 Å². The number of nitrogens with zero attached hydrogens (tertiary/aromatic N) is 2. The van der Waals surface area contributed by atoms with E-state index >= 15 is 0 Å². The van der Waals surface area contributed by atoms with Crippen molar-refractivity contribution in [2.75, 3.05) is 19.4 Å². The molecule has 0 radical (unpaired) electrons. The van der Waals surface area contributed by atoms with Crippen LogP contribution in [0.1, 0.15) is 29.8 Å². The molecular weight excluding hydrogens is 519 g/mol. The average Bonchev–Trinajstić information content (AvgIpc) is 3.28. The first-order valence-electron chi connectivity index (χ1n) is 11.5. The zero-order valence-corrected chi connectivity index (χ0v) is 21.9. The number of H-pyrrole nitrogens is 1. The summed E-state index contributed by atoms with van der Waals surface area (Å²) < 4.78 is 0. The van der Waals surface area contributed by atoms with Crippen LogP contribution in [0.5, 0.6) is 0 Å². The minimum Gasteiger partial charge on any atom is -0.351 e. The molecule has 12 heteroatoms. The Bertz CT molecular complexity index is 1300. The number of carbonyl (C=O) groups is 4. The first-order chi connectivity index (χ1) is 17.2. The lowest BCUT2D eigenvalue weighted by Crippen LogP contribution is -2.57. The van der Waals surface area contributed by atoms with Gasteiger partial charge in [-0.2, -0.15) is 0 Å². The smallest absolute Gasteiger partial charge is 0.313 e. The Labute approximate surface area is 224 Å². The average molecular weight is 547 g/mol. The van der Waals surface area contributed by atoms with Gasteiger partial charge in [-0.1, -0.05) is 11.6 Å². The molecule has 1 aliphatic carbocycles. The van der Waals surface area contributed by atoms with E-state index in [1.54, 1.807) is 50.5 Å². The molecule has 3 atom stereocenters. The first kappa shape index (κ1) is 27.9. The maximum Gasteiger partial charge on any atom is 0.313 e. The molecule has 1 aliphatic rings. The van der Waals surface area contributed by atoms with Gasteiger partial charge < -0.3 is 25.8 Å². The van der Waals surface area contributed by atoms with Crippen molar-refractivity contribution in [1.29, 1.82) is 0 Å². The number of hydrogen-bond donors (Lipinski definition) is 4. The summed E-state index contributed by atoms with van der Waals surface area (Å²) in [7, 11) is 3.35. The van der Waals surface area contributed by atoms with Gasteiger partial charge in [-0.15, -0.1) is 12.4 Å². The van der Waals surface area contributed by atoms with E-state index in [1.807, 2.05) is 0 Å². The second-order valence-corrected chi connectivity index (χ2v) is 9.44. The number of amides is 4. The fraction of sp³-hybridized carbons (Fsp3) is 0.320. The first-order valence-corrected chi connectivity index (χ1v) is 11.9. The molecule has 3 aromatic rings. The number of pyridine rings is 1. The molecule has 0 unspecified atom stereocenters.